The first kappa shape index (κ1) is 19.5. The Labute approximate surface area is 166 Å². The molecular weight excluding hydrogens is 370 g/mol. The van der Waals surface area contributed by atoms with Crippen molar-refractivity contribution in [1.82, 2.24) is 0 Å². The lowest BCUT2D eigenvalue weighted by atomic mass is 10.1. The molecule has 144 valence electrons. The molecule has 7 nitrogen and oxygen atoms in total. The molecule has 3 rings (SSSR count). The highest BCUT2D eigenvalue weighted by Crippen LogP contribution is 2.14. The van der Waals surface area contributed by atoms with Gasteiger partial charge >= 0.3 is 0 Å². The minimum Gasteiger partial charge on any atom is -0.323 e. The average molecular weight is 387 g/mol. The number of hydrogen-bond donors (Lipinski definition) is 2. The lowest BCUT2D eigenvalue weighted by Crippen LogP contribution is -2.12. The van der Waals surface area contributed by atoms with E-state index < -0.39 is 4.92 Å². The van der Waals surface area contributed by atoms with Crippen molar-refractivity contribution in [3.63, 3.8) is 0 Å². The van der Waals surface area contributed by atoms with Crippen molar-refractivity contribution >= 4 is 35.0 Å². The summed E-state index contributed by atoms with van der Waals surface area (Å²) in [6.45, 7) is 0. The summed E-state index contributed by atoms with van der Waals surface area (Å²) in [4.78, 5) is 34.4. The Morgan fingerprint density at radius 1 is 0.793 bits per heavy atom. The zero-order valence-corrected chi connectivity index (χ0v) is 15.2. The molecule has 0 atom stereocenters. The molecule has 0 aliphatic carbocycles. The number of para-hydroxylation sites is 1. The molecule has 0 aliphatic heterocycles. The first-order chi connectivity index (χ1) is 14.0. The molecule has 3 aromatic rings. The zero-order chi connectivity index (χ0) is 20.6. The number of benzene rings is 3. The van der Waals surface area contributed by atoms with Crippen molar-refractivity contribution in [2.45, 2.75) is 0 Å². The number of nitro groups is 1. The van der Waals surface area contributed by atoms with Crippen LogP contribution in [0.5, 0.6) is 0 Å². The summed E-state index contributed by atoms with van der Waals surface area (Å²) >= 11 is 0. The second-order valence-electron chi connectivity index (χ2n) is 6.07. The summed E-state index contributed by atoms with van der Waals surface area (Å²) in [5.41, 5.74) is 2.36. The van der Waals surface area contributed by atoms with E-state index in [9.17, 15) is 19.7 Å². The van der Waals surface area contributed by atoms with Gasteiger partial charge in [-0.15, -0.1) is 0 Å². The molecule has 0 aliphatic rings. The normalized spacial score (nSPS) is 10.5. The maximum Gasteiger partial charge on any atom is 0.269 e. The van der Waals surface area contributed by atoms with E-state index in [-0.39, 0.29) is 17.5 Å². The summed E-state index contributed by atoms with van der Waals surface area (Å²) in [7, 11) is 0. The third kappa shape index (κ3) is 5.61. The van der Waals surface area contributed by atoms with Crippen molar-refractivity contribution in [3.8, 4) is 0 Å². The van der Waals surface area contributed by atoms with E-state index in [1.807, 2.05) is 18.2 Å². The topological polar surface area (TPSA) is 101 Å². The maximum atomic E-state index is 12.2. The van der Waals surface area contributed by atoms with Crippen LogP contribution in [0.15, 0.2) is 84.9 Å². The van der Waals surface area contributed by atoms with Crippen LogP contribution in [0, 0.1) is 10.1 Å². The Balaban J connectivity index is 1.56. The molecule has 29 heavy (non-hydrogen) atoms. The van der Waals surface area contributed by atoms with Gasteiger partial charge in [0.05, 0.1) is 4.92 Å². The van der Waals surface area contributed by atoms with Gasteiger partial charge in [-0.1, -0.05) is 18.2 Å². The van der Waals surface area contributed by atoms with Gasteiger partial charge in [0.1, 0.15) is 0 Å². The summed E-state index contributed by atoms with van der Waals surface area (Å²) in [6, 6.07) is 21.5. The first-order valence-corrected chi connectivity index (χ1v) is 8.71. The molecule has 2 N–H and O–H groups in total. The fourth-order valence-corrected chi connectivity index (χ4v) is 2.49. The second kappa shape index (κ2) is 9.09. The van der Waals surface area contributed by atoms with Crippen LogP contribution >= 0.6 is 0 Å². The Kier molecular flexibility index (Phi) is 6.12. The van der Waals surface area contributed by atoms with Gasteiger partial charge in [0.15, 0.2) is 0 Å². The van der Waals surface area contributed by atoms with Gasteiger partial charge in [-0.2, -0.15) is 0 Å². The minimum atomic E-state index is -0.482. The van der Waals surface area contributed by atoms with E-state index in [1.54, 1.807) is 54.6 Å². The van der Waals surface area contributed by atoms with Crippen molar-refractivity contribution in [1.29, 1.82) is 0 Å². The van der Waals surface area contributed by atoms with Crippen molar-refractivity contribution in [2.75, 3.05) is 10.6 Å². The van der Waals surface area contributed by atoms with Gasteiger partial charge in [-0.05, 0) is 60.2 Å². The van der Waals surface area contributed by atoms with E-state index in [0.717, 1.165) is 0 Å². The van der Waals surface area contributed by atoms with Crippen LogP contribution in [0.2, 0.25) is 0 Å². The van der Waals surface area contributed by atoms with Crippen LogP contribution in [0.25, 0.3) is 6.08 Å². The van der Waals surface area contributed by atoms with Crippen LogP contribution < -0.4 is 10.6 Å². The Morgan fingerprint density at radius 2 is 1.41 bits per heavy atom. The number of hydrogen-bond acceptors (Lipinski definition) is 4. The van der Waals surface area contributed by atoms with Crippen LogP contribution in [0.1, 0.15) is 15.9 Å². The van der Waals surface area contributed by atoms with Crippen molar-refractivity contribution < 1.29 is 14.5 Å². The number of carbonyl (C=O) groups is 2. The number of anilines is 2. The molecule has 3 aromatic carbocycles. The largest absolute Gasteiger partial charge is 0.323 e. The lowest BCUT2D eigenvalue weighted by molar-refractivity contribution is -0.384. The van der Waals surface area contributed by atoms with E-state index in [2.05, 4.69) is 10.6 Å². The van der Waals surface area contributed by atoms with Crippen LogP contribution in [-0.4, -0.2) is 16.7 Å². The molecular formula is C22H17N3O4. The Morgan fingerprint density at radius 3 is 2.03 bits per heavy atom. The lowest BCUT2D eigenvalue weighted by Gasteiger charge is -2.06. The number of amides is 2. The van der Waals surface area contributed by atoms with Gasteiger partial charge in [0.2, 0.25) is 5.91 Å². The molecule has 0 saturated carbocycles. The number of rotatable bonds is 6. The predicted molar refractivity (Wildman–Crippen MR) is 112 cm³/mol. The molecule has 0 unspecified atom stereocenters. The third-order valence-corrected chi connectivity index (χ3v) is 3.98. The predicted octanol–water partition coefficient (Wildman–Crippen LogP) is 4.50. The Hall–Kier alpha value is -4.26. The van der Waals surface area contributed by atoms with Gasteiger partial charge in [0, 0.05) is 35.1 Å². The molecule has 0 radical (unpaired) electrons. The highest BCUT2D eigenvalue weighted by molar-refractivity contribution is 6.05. The van der Waals surface area contributed by atoms with E-state index >= 15 is 0 Å². The fourth-order valence-electron chi connectivity index (χ4n) is 2.49. The monoisotopic (exact) mass is 387 g/mol. The van der Waals surface area contributed by atoms with Crippen LogP contribution in [-0.2, 0) is 4.79 Å². The summed E-state index contributed by atoms with van der Waals surface area (Å²) in [5.74, 6) is -0.600. The smallest absolute Gasteiger partial charge is 0.269 e. The van der Waals surface area contributed by atoms with Gasteiger partial charge in [-0.3, -0.25) is 19.7 Å². The van der Waals surface area contributed by atoms with Gasteiger partial charge < -0.3 is 10.6 Å². The number of nitro benzene ring substituents is 1. The summed E-state index contributed by atoms with van der Waals surface area (Å²) in [6.07, 6.45) is 2.89. The highest BCUT2D eigenvalue weighted by Gasteiger charge is 2.07. The second-order valence-corrected chi connectivity index (χ2v) is 6.07. The molecule has 0 fully saturated rings. The molecule has 0 saturated heterocycles. The molecule has 0 bridgehead atoms. The SMILES string of the molecule is O=C(/C=C/c1ccc([N+](=O)[O-])cc1)Nc1ccc(C(=O)Nc2ccccc2)cc1. The standard InChI is InChI=1S/C22H17N3O4/c26-21(15-8-16-6-13-20(14-7-16)25(28)29)23-19-11-9-17(10-12-19)22(27)24-18-4-2-1-3-5-18/h1-15H,(H,23,26)(H,24,27)/b15-8+. The third-order valence-electron chi connectivity index (χ3n) is 3.98. The first-order valence-electron chi connectivity index (χ1n) is 8.71. The zero-order valence-electron chi connectivity index (χ0n) is 15.2. The quantitative estimate of drug-likeness (QED) is 0.369. The molecule has 7 heteroatoms. The van der Waals surface area contributed by atoms with Crippen LogP contribution in [0.3, 0.4) is 0 Å². The van der Waals surface area contributed by atoms with E-state index in [1.165, 1.54) is 18.2 Å². The van der Waals surface area contributed by atoms with Crippen molar-refractivity contribution in [2.24, 2.45) is 0 Å². The van der Waals surface area contributed by atoms with Gasteiger partial charge in [0.25, 0.3) is 11.6 Å². The fraction of sp³-hybridized carbons (Fsp3) is 0. The average Bonchev–Trinajstić information content (AvgIpc) is 2.74. The van der Waals surface area contributed by atoms with E-state index in [4.69, 9.17) is 0 Å². The number of nitrogens with one attached hydrogen (secondary N) is 2. The summed E-state index contributed by atoms with van der Waals surface area (Å²) < 4.78 is 0. The number of non-ortho nitro benzene ring substituents is 1. The Bertz CT molecular complexity index is 1040. The molecule has 0 spiro atoms. The number of carbonyl (C=O) groups excluding carboxylic acids is 2. The minimum absolute atomic E-state index is 0.0111. The maximum absolute atomic E-state index is 12.2. The van der Waals surface area contributed by atoms with Crippen LogP contribution in [0.4, 0.5) is 17.1 Å². The molecule has 0 aromatic heterocycles. The van der Waals surface area contributed by atoms with Crippen molar-refractivity contribution in [3.05, 3.63) is 106 Å². The number of nitrogens with zero attached hydrogens (tertiary/aromatic N) is 1. The molecule has 2 amide bonds. The summed E-state index contributed by atoms with van der Waals surface area (Å²) in [5, 5.41) is 16.1. The van der Waals surface area contributed by atoms with Gasteiger partial charge in [-0.25, -0.2) is 0 Å². The molecule has 0 heterocycles. The van der Waals surface area contributed by atoms with E-state index in [0.29, 0.717) is 22.5 Å². The highest BCUT2D eigenvalue weighted by atomic mass is 16.6.